The minimum Gasteiger partial charge on any atom is -0.326 e. The maximum Gasteiger partial charge on any atom is 0.295 e. The number of nitrogens with zero attached hydrogens (tertiary/aromatic N) is 2. The molecule has 4 N–H and O–H groups in total. The molecule has 11 heteroatoms. The van der Waals surface area contributed by atoms with Gasteiger partial charge < -0.3 is 5.32 Å². The van der Waals surface area contributed by atoms with Crippen LogP contribution >= 0.6 is 0 Å². The molecular formula is C15H15N5O5S. The summed E-state index contributed by atoms with van der Waals surface area (Å²) in [6.45, 7) is 1.40. The third-order valence-electron chi connectivity index (χ3n) is 3.12. The van der Waals surface area contributed by atoms with E-state index in [2.05, 4.69) is 15.8 Å². The number of anilines is 2. The predicted octanol–water partition coefficient (Wildman–Crippen LogP) is 1.65. The van der Waals surface area contributed by atoms with Gasteiger partial charge in [0.1, 0.15) is 5.69 Å². The van der Waals surface area contributed by atoms with Gasteiger partial charge in [-0.2, -0.15) is 5.10 Å². The molecule has 0 bridgehead atoms. The molecule has 1 amide bonds. The molecule has 0 saturated heterocycles. The van der Waals surface area contributed by atoms with E-state index >= 15 is 0 Å². The average Bonchev–Trinajstić information content (AvgIpc) is 2.55. The van der Waals surface area contributed by atoms with Crippen molar-refractivity contribution in [2.45, 2.75) is 11.8 Å². The first-order valence-corrected chi connectivity index (χ1v) is 8.69. The Labute approximate surface area is 148 Å². The highest BCUT2D eigenvalue weighted by atomic mass is 32.2. The SMILES string of the molecule is CC(=O)Nc1ccc(/C=N\Nc2ccc(S(N)(=O)=O)cc2[N+](=O)[O-])cc1. The van der Waals surface area contributed by atoms with Gasteiger partial charge in [-0.05, 0) is 29.8 Å². The first kappa shape index (κ1) is 19.0. The molecule has 0 fully saturated rings. The zero-order valence-corrected chi connectivity index (χ0v) is 14.4. The lowest BCUT2D eigenvalue weighted by atomic mass is 10.2. The fourth-order valence-corrected chi connectivity index (χ4v) is 2.50. The molecule has 0 aliphatic carbocycles. The van der Waals surface area contributed by atoms with Crippen molar-refractivity contribution in [3.8, 4) is 0 Å². The first-order valence-electron chi connectivity index (χ1n) is 7.15. The minimum atomic E-state index is -4.05. The lowest BCUT2D eigenvalue weighted by Crippen LogP contribution is -2.12. The number of hydrogen-bond donors (Lipinski definition) is 3. The molecule has 0 aliphatic rings. The number of primary sulfonamides is 1. The Hall–Kier alpha value is -3.31. The van der Waals surface area contributed by atoms with Gasteiger partial charge in [-0.1, -0.05) is 12.1 Å². The Morgan fingerprint density at radius 2 is 1.88 bits per heavy atom. The van der Waals surface area contributed by atoms with Crippen LogP contribution in [0.3, 0.4) is 0 Å². The van der Waals surface area contributed by atoms with Crippen LogP contribution in [0.25, 0.3) is 0 Å². The topological polar surface area (TPSA) is 157 Å². The summed E-state index contributed by atoms with van der Waals surface area (Å²) in [5.74, 6) is -0.191. The van der Waals surface area contributed by atoms with Crippen LogP contribution < -0.4 is 15.9 Å². The fourth-order valence-electron chi connectivity index (χ4n) is 1.97. The van der Waals surface area contributed by atoms with E-state index in [1.54, 1.807) is 24.3 Å². The molecule has 10 nitrogen and oxygen atoms in total. The van der Waals surface area contributed by atoms with Crippen molar-refractivity contribution >= 4 is 39.2 Å². The van der Waals surface area contributed by atoms with Crippen molar-refractivity contribution in [1.29, 1.82) is 0 Å². The highest BCUT2D eigenvalue weighted by Crippen LogP contribution is 2.27. The Morgan fingerprint density at radius 1 is 1.23 bits per heavy atom. The number of nitrogens with one attached hydrogen (secondary N) is 2. The number of nitro benzene ring substituents is 1. The molecule has 2 rings (SSSR count). The van der Waals surface area contributed by atoms with Crippen LogP contribution in [0.1, 0.15) is 12.5 Å². The first-order chi connectivity index (χ1) is 12.2. The summed E-state index contributed by atoms with van der Waals surface area (Å²) in [6, 6.07) is 9.93. The van der Waals surface area contributed by atoms with Gasteiger partial charge in [0, 0.05) is 18.7 Å². The largest absolute Gasteiger partial charge is 0.326 e. The summed E-state index contributed by atoms with van der Waals surface area (Å²) in [4.78, 5) is 20.9. The number of rotatable bonds is 6. The quantitative estimate of drug-likeness (QED) is 0.394. The number of hydrazone groups is 1. The number of hydrogen-bond acceptors (Lipinski definition) is 7. The second-order valence-electron chi connectivity index (χ2n) is 5.15. The lowest BCUT2D eigenvalue weighted by molar-refractivity contribution is -0.384. The van der Waals surface area contributed by atoms with Crippen LogP contribution in [0.4, 0.5) is 17.1 Å². The monoisotopic (exact) mass is 377 g/mol. The van der Waals surface area contributed by atoms with E-state index in [-0.39, 0.29) is 16.5 Å². The standard InChI is InChI=1S/C15H15N5O5S/c1-10(21)18-12-4-2-11(3-5-12)9-17-19-14-7-6-13(26(16,24)25)8-15(14)20(22)23/h2-9,19H,1H3,(H,18,21)(H2,16,24,25)/b17-9-. The number of amides is 1. The highest BCUT2D eigenvalue weighted by Gasteiger charge is 2.18. The van der Waals surface area contributed by atoms with Crippen LogP contribution in [0, 0.1) is 10.1 Å². The van der Waals surface area contributed by atoms with E-state index in [1.165, 1.54) is 19.2 Å². The fraction of sp³-hybridized carbons (Fsp3) is 0.0667. The van der Waals surface area contributed by atoms with Gasteiger partial charge in [0.2, 0.25) is 15.9 Å². The zero-order chi connectivity index (χ0) is 19.3. The van der Waals surface area contributed by atoms with Crippen molar-refractivity contribution in [2.75, 3.05) is 10.7 Å². The molecule has 0 heterocycles. The number of sulfonamides is 1. The minimum absolute atomic E-state index is 0.00789. The van der Waals surface area contributed by atoms with Crippen molar-refractivity contribution in [3.63, 3.8) is 0 Å². The maximum absolute atomic E-state index is 11.3. The predicted molar refractivity (Wildman–Crippen MR) is 96.4 cm³/mol. The maximum atomic E-state index is 11.3. The van der Waals surface area contributed by atoms with Crippen molar-refractivity contribution in [2.24, 2.45) is 10.2 Å². The van der Waals surface area contributed by atoms with Crippen LogP contribution in [0.15, 0.2) is 52.5 Å². The Balaban J connectivity index is 2.17. The van der Waals surface area contributed by atoms with Gasteiger partial charge in [-0.15, -0.1) is 0 Å². The summed E-state index contributed by atoms with van der Waals surface area (Å²) < 4.78 is 22.6. The molecule has 0 aliphatic heterocycles. The van der Waals surface area contributed by atoms with Gasteiger partial charge >= 0.3 is 0 Å². The molecule has 0 atom stereocenters. The molecule has 0 aromatic heterocycles. The molecule has 2 aromatic rings. The summed E-state index contributed by atoms with van der Waals surface area (Å²) in [7, 11) is -4.05. The van der Waals surface area contributed by atoms with E-state index in [0.717, 1.165) is 12.1 Å². The molecular weight excluding hydrogens is 362 g/mol. The smallest absolute Gasteiger partial charge is 0.295 e. The van der Waals surface area contributed by atoms with E-state index in [1.807, 2.05) is 0 Å². The third kappa shape index (κ3) is 5.09. The van der Waals surface area contributed by atoms with Gasteiger partial charge in [-0.3, -0.25) is 20.3 Å². The highest BCUT2D eigenvalue weighted by molar-refractivity contribution is 7.89. The number of benzene rings is 2. The van der Waals surface area contributed by atoms with E-state index < -0.39 is 20.6 Å². The summed E-state index contributed by atoms with van der Waals surface area (Å²) in [6.07, 6.45) is 1.41. The molecule has 2 aromatic carbocycles. The number of carbonyl (C=O) groups excluding carboxylic acids is 1. The van der Waals surface area contributed by atoms with Crippen molar-refractivity contribution in [3.05, 3.63) is 58.1 Å². The number of nitro groups is 1. The van der Waals surface area contributed by atoms with E-state index in [0.29, 0.717) is 11.3 Å². The Morgan fingerprint density at radius 3 is 2.42 bits per heavy atom. The molecule has 0 radical (unpaired) electrons. The Kier molecular flexibility index (Phi) is 5.64. The van der Waals surface area contributed by atoms with Crippen molar-refractivity contribution < 1.29 is 18.1 Å². The summed E-state index contributed by atoms with van der Waals surface area (Å²) >= 11 is 0. The van der Waals surface area contributed by atoms with Crippen LogP contribution in [0.2, 0.25) is 0 Å². The Bertz CT molecular complexity index is 970. The number of nitrogens with two attached hydrogens (primary N) is 1. The second kappa shape index (κ2) is 7.72. The van der Waals surface area contributed by atoms with Gasteiger partial charge in [0.15, 0.2) is 0 Å². The van der Waals surface area contributed by atoms with E-state index in [4.69, 9.17) is 5.14 Å². The van der Waals surface area contributed by atoms with Crippen LogP contribution in [-0.2, 0) is 14.8 Å². The summed E-state index contributed by atoms with van der Waals surface area (Å²) in [5.41, 5.74) is 3.32. The van der Waals surface area contributed by atoms with Crippen molar-refractivity contribution in [1.82, 2.24) is 0 Å². The molecule has 0 saturated carbocycles. The molecule has 0 unspecified atom stereocenters. The normalized spacial score (nSPS) is 11.3. The van der Waals surface area contributed by atoms with Crippen LogP contribution in [0.5, 0.6) is 0 Å². The molecule has 136 valence electrons. The van der Waals surface area contributed by atoms with Gasteiger partial charge in [-0.25, -0.2) is 13.6 Å². The third-order valence-corrected chi connectivity index (χ3v) is 4.04. The average molecular weight is 377 g/mol. The van der Waals surface area contributed by atoms with Gasteiger partial charge in [0.25, 0.3) is 5.69 Å². The summed E-state index contributed by atoms with van der Waals surface area (Å²) in [5, 5.41) is 22.6. The lowest BCUT2D eigenvalue weighted by Gasteiger charge is -2.04. The molecule has 0 spiro atoms. The molecule has 26 heavy (non-hydrogen) atoms. The van der Waals surface area contributed by atoms with Crippen LogP contribution in [-0.4, -0.2) is 25.5 Å². The van der Waals surface area contributed by atoms with E-state index in [9.17, 15) is 23.3 Å². The number of carbonyl (C=O) groups is 1. The zero-order valence-electron chi connectivity index (χ0n) is 13.5. The second-order valence-corrected chi connectivity index (χ2v) is 6.72. The van der Waals surface area contributed by atoms with Gasteiger partial charge in [0.05, 0.1) is 16.0 Å².